The van der Waals surface area contributed by atoms with Crippen LogP contribution in [0.25, 0.3) is 0 Å². The van der Waals surface area contributed by atoms with Crippen molar-refractivity contribution in [2.75, 3.05) is 13.1 Å². The number of amides is 1. The molecule has 1 aromatic rings. The van der Waals surface area contributed by atoms with Crippen LogP contribution in [0.2, 0.25) is 0 Å². The van der Waals surface area contributed by atoms with Gasteiger partial charge in [0.05, 0.1) is 18.1 Å². The molecule has 0 aromatic heterocycles. The van der Waals surface area contributed by atoms with Crippen LogP contribution in [0, 0.1) is 17.3 Å². The molecular weight excluding hydrogens is 618 g/mol. The zero-order chi connectivity index (χ0) is 35.6. The fraction of sp³-hybridized carbons (Fsp3) is 0.718. The maximum absolute atomic E-state index is 15.5. The summed E-state index contributed by atoms with van der Waals surface area (Å²) in [5.74, 6) is -2.99. The van der Waals surface area contributed by atoms with Crippen molar-refractivity contribution in [3.8, 4) is 0 Å². The van der Waals surface area contributed by atoms with Gasteiger partial charge in [0.2, 0.25) is 5.91 Å². The van der Waals surface area contributed by atoms with Gasteiger partial charge in [0.15, 0.2) is 17.1 Å². The minimum absolute atomic E-state index is 0.0938. The number of aldehydes is 1. The molecule has 272 valence electrons. The van der Waals surface area contributed by atoms with E-state index in [-0.39, 0.29) is 24.2 Å². The molecule has 1 amide bonds. The van der Waals surface area contributed by atoms with Gasteiger partial charge in [-0.2, -0.15) is 0 Å². The molecule has 10 heteroatoms. The van der Waals surface area contributed by atoms with E-state index >= 15 is 9.59 Å². The van der Waals surface area contributed by atoms with Crippen LogP contribution in [0.1, 0.15) is 128 Å². The molecule has 3 fully saturated rings. The van der Waals surface area contributed by atoms with Crippen molar-refractivity contribution in [2.45, 2.75) is 146 Å². The van der Waals surface area contributed by atoms with E-state index in [0.717, 1.165) is 63.4 Å². The average molecular weight is 680 g/mol. The Hall–Kier alpha value is -2.79. The first-order valence-electron chi connectivity index (χ1n) is 19.0. The fourth-order valence-corrected chi connectivity index (χ4v) is 9.16. The van der Waals surface area contributed by atoms with Crippen molar-refractivity contribution >= 4 is 29.5 Å². The Morgan fingerprint density at radius 1 is 0.878 bits per heavy atom. The largest absolute Gasteiger partial charge is 0.331 e. The lowest BCUT2D eigenvalue weighted by molar-refractivity contribution is -0.164. The molecule has 0 radical (unpaired) electrons. The maximum Gasteiger partial charge on any atom is 0.240 e. The van der Waals surface area contributed by atoms with E-state index in [2.05, 4.69) is 0 Å². The van der Waals surface area contributed by atoms with Crippen LogP contribution in [0.4, 0.5) is 0 Å². The fourth-order valence-electron chi connectivity index (χ4n) is 9.16. The van der Waals surface area contributed by atoms with Crippen LogP contribution in [-0.4, -0.2) is 71.2 Å². The summed E-state index contributed by atoms with van der Waals surface area (Å²) in [7, 11) is 0. The number of nitrogens with zero attached hydrogens (tertiary/aromatic N) is 1. The maximum atomic E-state index is 15.5. The zero-order valence-electron chi connectivity index (χ0n) is 29.7. The number of Topliss-reactive ketones (excluding diaryl/α,β-unsaturated/α-hetero) is 3. The molecule has 8 N–H and O–H groups in total. The second kappa shape index (κ2) is 17.9. The third-order valence-corrected chi connectivity index (χ3v) is 11.9. The summed E-state index contributed by atoms with van der Waals surface area (Å²) in [4.78, 5) is 74.4. The number of benzene rings is 1. The summed E-state index contributed by atoms with van der Waals surface area (Å²) >= 11 is 0. The van der Waals surface area contributed by atoms with E-state index < -0.39 is 52.3 Å². The lowest BCUT2D eigenvalue weighted by Gasteiger charge is -2.50. The van der Waals surface area contributed by atoms with Gasteiger partial charge in [-0.05, 0) is 74.8 Å². The van der Waals surface area contributed by atoms with Crippen LogP contribution >= 0.6 is 0 Å². The van der Waals surface area contributed by atoms with E-state index in [1.54, 1.807) is 0 Å². The van der Waals surface area contributed by atoms with Crippen molar-refractivity contribution in [3.05, 3.63) is 35.9 Å². The van der Waals surface area contributed by atoms with Crippen LogP contribution in [-0.2, 0) is 24.0 Å². The number of nitrogens with two attached hydrogens (primary N) is 4. The molecule has 10 nitrogen and oxygen atoms in total. The lowest BCUT2D eigenvalue weighted by Crippen LogP contribution is -2.75. The molecule has 4 rings (SSSR count). The number of ketones is 3. The third kappa shape index (κ3) is 8.41. The number of carbonyl (C=O) groups excluding carboxylic acids is 5. The summed E-state index contributed by atoms with van der Waals surface area (Å²) in [6.45, 7) is 2.69. The molecule has 0 bridgehead atoms. The standard InChI is InChI=1S/C39H61N5O5/c1-27(29-16-7-3-8-17-29)24-34(46)39(30-18-9-4-10-19-30,38(43,26-45)35(47)32(42)25-28-14-5-2-6-15-28)36(48)33-21-13-23-44(33)37(49)31(41)20-11-12-22-40/h3,7-8,16-17,26-28,30-33H,2,4-6,9-15,18-25,40-43H2,1H3/t27-,31+,32-,33+,38+,39?/m1/s1. The molecule has 1 unspecified atom stereocenters. The quantitative estimate of drug-likeness (QED) is 0.100. The van der Waals surface area contributed by atoms with Gasteiger partial charge in [-0.15, -0.1) is 0 Å². The van der Waals surface area contributed by atoms with Crippen molar-refractivity contribution < 1.29 is 24.0 Å². The Balaban J connectivity index is 1.83. The highest BCUT2D eigenvalue weighted by Gasteiger charge is 2.68. The second-order valence-electron chi connectivity index (χ2n) is 15.2. The Labute approximate surface area is 292 Å². The summed E-state index contributed by atoms with van der Waals surface area (Å²) in [6.07, 6.45) is 11.7. The van der Waals surface area contributed by atoms with E-state index in [1.807, 2.05) is 37.3 Å². The number of hydrogen-bond acceptors (Lipinski definition) is 9. The number of rotatable bonds is 18. The number of unbranched alkanes of at least 4 members (excludes halogenated alkanes) is 1. The van der Waals surface area contributed by atoms with Crippen LogP contribution in [0.3, 0.4) is 0 Å². The van der Waals surface area contributed by atoms with E-state index in [9.17, 15) is 14.4 Å². The van der Waals surface area contributed by atoms with Crippen molar-refractivity contribution in [1.29, 1.82) is 0 Å². The normalized spacial score (nSPS) is 23.5. The van der Waals surface area contributed by atoms with Gasteiger partial charge in [0.25, 0.3) is 0 Å². The third-order valence-electron chi connectivity index (χ3n) is 11.9. The molecular formula is C39H61N5O5. The molecule has 1 aliphatic heterocycles. The van der Waals surface area contributed by atoms with E-state index in [0.29, 0.717) is 64.3 Å². The van der Waals surface area contributed by atoms with E-state index in [1.165, 1.54) is 4.90 Å². The van der Waals surface area contributed by atoms with Crippen LogP contribution < -0.4 is 22.9 Å². The minimum atomic E-state index is -2.49. The second-order valence-corrected chi connectivity index (χ2v) is 15.2. The Kier molecular flexibility index (Phi) is 14.3. The lowest BCUT2D eigenvalue weighted by atomic mass is 9.51. The molecule has 6 atom stereocenters. The van der Waals surface area contributed by atoms with Gasteiger partial charge in [-0.3, -0.25) is 19.2 Å². The molecule has 1 heterocycles. The van der Waals surface area contributed by atoms with Crippen LogP contribution in [0.15, 0.2) is 30.3 Å². The van der Waals surface area contributed by atoms with Crippen molar-refractivity contribution in [1.82, 2.24) is 4.90 Å². The first-order valence-corrected chi connectivity index (χ1v) is 19.0. The highest BCUT2D eigenvalue weighted by molar-refractivity contribution is 6.22. The van der Waals surface area contributed by atoms with Gasteiger partial charge >= 0.3 is 0 Å². The molecule has 49 heavy (non-hydrogen) atoms. The first kappa shape index (κ1) is 39.0. The highest BCUT2D eigenvalue weighted by Crippen LogP contribution is 2.50. The summed E-state index contributed by atoms with van der Waals surface area (Å²) in [5.41, 5.74) is 22.0. The van der Waals surface area contributed by atoms with E-state index in [4.69, 9.17) is 22.9 Å². The van der Waals surface area contributed by atoms with Gasteiger partial charge < -0.3 is 32.6 Å². The highest BCUT2D eigenvalue weighted by atomic mass is 16.2. The minimum Gasteiger partial charge on any atom is -0.331 e. The molecule has 2 aliphatic carbocycles. The SMILES string of the molecule is C[C@H](CC(=O)C(C(=O)[C@@H]1CCCN1C(=O)[C@@H](N)CCCCN)(C1CCCCC1)[C@](N)(C=O)C(=O)[C@H](N)CC1CCCCC1)c1ccccc1. The summed E-state index contributed by atoms with van der Waals surface area (Å²) in [6, 6.07) is 6.55. The summed E-state index contributed by atoms with van der Waals surface area (Å²) in [5, 5.41) is 0. The zero-order valence-corrected chi connectivity index (χ0v) is 29.7. The molecule has 0 spiro atoms. The smallest absolute Gasteiger partial charge is 0.240 e. The Bertz CT molecular complexity index is 1280. The molecule has 1 saturated heterocycles. The number of likely N-dealkylation sites (tertiary alicyclic amines) is 1. The molecule has 1 aromatic carbocycles. The first-order chi connectivity index (χ1) is 23.5. The topological polar surface area (TPSA) is 193 Å². The predicted octanol–water partition coefficient (Wildman–Crippen LogP) is 4.10. The van der Waals surface area contributed by atoms with Crippen LogP contribution in [0.5, 0.6) is 0 Å². The number of carbonyl (C=O) groups is 5. The Morgan fingerprint density at radius 2 is 1.51 bits per heavy atom. The van der Waals surface area contributed by atoms with Crippen molar-refractivity contribution in [2.24, 2.45) is 40.2 Å². The number of hydrogen-bond donors (Lipinski definition) is 4. The Morgan fingerprint density at radius 3 is 2.12 bits per heavy atom. The van der Waals surface area contributed by atoms with Gasteiger partial charge in [0, 0.05) is 13.0 Å². The van der Waals surface area contributed by atoms with Gasteiger partial charge in [0.1, 0.15) is 17.5 Å². The average Bonchev–Trinajstić information content (AvgIpc) is 3.62. The predicted molar refractivity (Wildman–Crippen MR) is 191 cm³/mol. The van der Waals surface area contributed by atoms with Crippen molar-refractivity contribution in [3.63, 3.8) is 0 Å². The summed E-state index contributed by atoms with van der Waals surface area (Å²) < 4.78 is 0. The van der Waals surface area contributed by atoms with Gasteiger partial charge in [-0.25, -0.2) is 0 Å². The monoisotopic (exact) mass is 679 g/mol. The molecule has 2 saturated carbocycles. The molecule has 3 aliphatic rings. The van der Waals surface area contributed by atoms with Gasteiger partial charge in [-0.1, -0.05) is 95.0 Å².